The summed E-state index contributed by atoms with van der Waals surface area (Å²) < 4.78 is 12.7. The molecule has 3 heterocycles. The normalized spacial score (nSPS) is 19.6. The van der Waals surface area contributed by atoms with Crippen LogP contribution < -0.4 is 5.56 Å². The number of furan rings is 1. The number of benzene rings is 1. The minimum Gasteiger partial charge on any atom is -0.467 e. The van der Waals surface area contributed by atoms with E-state index in [4.69, 9.17) is 9.15 Å². The van der Waals surface area contributed by atoms with Gasteiger partial charge in [-0.3, -0.25) is 14.2 Å². The summed E-state index contributed by atoms with van der Waals surface area (Å²) in [5.41, 5.74) is 0.479. The van der Waals surface area contributed by atoms with Crippen LogP contribution in [-0.2, 0) is 16.1 Å². The molecule has 0 aliphatic carbocycles. The summed E-state index contributed by atoms with van der Waals surface area (Å²) in [6.45, 7) is 5.36. The molecule has 2 aromatic heterocycles. The first-order valence-corrected chi connectivity index (χ1v) is 10.6. The summed E-state index contributed by atoms with van der Waals surface area (Å²) in [6.07, 6.45) is 1.61. The van der Waals surface area contributed by atoms with E-state index in [1.165, 1.54) is 11.8 Å². The molecule has 2 atom stereocenters. The first kappa shape index (κ1) is 19.7. The van der Waals surface area contributed by atoms with E-state index < -0.39 is 0 Å². The highest BCUT2D eigenvalue weighted by atomic mass is 32.2. The van der Waals surface area contributed by atoms with E-state index >= 15 is 0 Å². The first-order valence-electron chi connectivity index (χ1n) is 9.59. The van der Waals surface area contributed by atoms with Crippen molar-refractivity contribution in [2.24, 2.45) is 0 Å². The van der Waals surface area contributed by atoms with Crippen LogP contribution in [0, 0.1) is 0 Å². The maximum atomic E-state index is 13.1. The van der Waals surface area contributed by atoms with Crippen molar-refractivity contribution in [2.45, 2.75) is 37.8 Å². The highest BCUT2D eigenvalue weighted by Crippen LogP contribution is 2.21. The molecular formula is C21H23N3O4S. The highest BCUT2D eigenvalue weighted by Gasteiger charge is 2.26. The third-order valence-corrected chi connectivity index (χ3v) is 5.78. The molecule has 3 aromatic rings. The van der Waals surface area contributed by atoms with E-state index in [1.54, 1.807) is 23.0 Å². The van der Waals surface area contributed by atoms with E-state index in [9.17, 15) is 9.59 Å². The van der Waals surface area contributed by atoms with E-state index in [1.807, 2.05) is 43.0 Å². The van der Waals surface area contributed by atoms with Crippen molar-refractivity contribution in [1.29, 1.82) is 0 Å². The van der Waals surface area contributed by atoms with E-state index in [2.05, 4.69) is 4.98 Å². The summed E-state index contributed by atoms with van der Waals surface area (Å²) >= 11 is 1.28. The maximum absolute atomic E-state index is 13.1. The number of hydrogen-bond acceptors (Lipinski definition) is 6. The van der Waals surface area contributed by atoms with Crippen molar-refractivity contribution in [2.75, 3.05) is 18.8 Å². The number of morpholine rings is 1. The fourth-order valence-corrected chi connectivity index (χ4v) is 4.46. The van der Waals surface area contributed by atoms with Gasteiger partial charge in [-0.05, 0) is 38.1 Å². The van der Waals surface area contributed by atoms with Crippen LogP contribution in [0.25, 0.3) is 10.9 Å². The van der Waals surface area contributed by atoms with Crippen LogP contribution in [0.3, 0.4) is 0 Å². The zero-order valence-electron chi connectivity index (χ0n) is 16.4. The predicted octanol–water partition coefficient (Wildman–Crippen LogP) is 2.77. The van der Waals surface area contributed by atoms with Crippen LogP contribution in [0.1, 0.15) is 19.6 Å². The molecule has 1 fully saturated rings. The topological polar surface area (TPSA) is 77.6 Å². The predicted molar refractivity (Wildman–Crippen MR) is 111 cm³/mol. The second-order valence-corrected chi connectivity index (χ2v) is 8.17. The number of para-hydroxylation sites is 1. The largest absolute Gasteiger partial charge is 0.467 e. The van der Waals surface area contributed by atoms with Crippen LogP contribution >= 0.6 is 11.8 Å². The van der Waals surface area contributed by atoms with Gasteiger partial charge in [0, 0.05) is 13.1 Å². The number of rotatable bonds is 5. The Morgan fingerprint density at radius 2 is 1.93 bits per heavy atom. The number of aromatic nitrogens is 2. The lowest BCUT2D eigenvalue weighted by molar-refractivity contribution is -0.140. The van der Waals surface area contributed by atoms with Crippen LogP contribution in [0.15, 0.2) is 57.0 Å². The van der Waals surface area contributed by atoms with Gasteiger partial charge in [0.2, 0.25) is 5.91 Å². The van der Waals surface area contributed by atoms with Crippen molar-refractivity contribution in [1.82, 2.24) is 14.5 Å². The standard InChI is InChI=1S/C21H23N3O4S/c1-14-10-23(11-15(2)28-14)19(25)13-29-21-22-18-8-4-3-7-17(18)20(26)24(21)12-16-6-5-9-27-16/h3-9,14-15H,10-13H2,1-2H3. The Balaban J connectivity index is 1.60. The van der Waals surface area contributed by atoms with Crippen molar-refractivity contribution in [3.05, 3.63) is 58.8 Å². The molecule has 2 unspecified atom stereocenters. The van der Waals surface area contributed by atoms with Crippen molar-refractivity contribution in [3.8, 4) is 0 Å². The number of fused-ring (bicyclic) bond motifs is 1. The van der Waals surface area contributed by atoms with E-state index in [0.717, 1.165) is 0 Å². The second-order valence-electron chi connectivity index (χ2n) is 7.23. The average Bonchev–Trinajstić information content (AvgIpc) is 3.21. The van der Waals surface area contributed by atoms with Crippen molar-refractivity contribution < 1.29 is 13.9 Å². The quantitative estimate of drug-likeness (QED) is 0.473. The number of ether oxygens (including phenoxy) is 1. The number of nitrogens with zero attached hydrogens (tertiary/aromatic N) is 3. The molecule has 8 heteroatoms. The van der Waals surface area contributed by atoms with E-state index in [-0.39, 0.29) is 36.0 Å². The Bertz CT molecular complexity index is 1050. The fraction of sp³-hybridized carbons (Fsp3) is 0.381. The molecule has 0 radical (unpaired) electrons. The minimum absolute atomic E-state index is 0.0172. The number of amides is 1. The summed E-state index contributed by atoms with van der Waals surface area (Å²) in [4.78, 5) is 32.3. The number of carbonyl (C=O) groups excluding carboxylic acids is 1. The van der Waals surface area contributed by atoms with Gasteiger partial charge < -0.3 is 14.1 Å². The molecule has 0 spiro atoms. The van der Waals surface area contributed by atoms with Gasteiger partial charge in [0.1, 0.15) is 5.76 Å². The second kappa shape index (κ2) is 8.42. The zero-order valence-corrected chi connectivity index (χ0v) is 17.2. The SMILES string of the molecule is CC1CN(C(=O)CSc2nc3ccccc3c(=O)n2Cc2ccco2)CC(C)O1. The van der Waals surface area contributed by atoms with Crippen molar-refractivity contribution >= 4 is 28.6 Å². The first-order chi connectivity index (χ1) is 14.0. The van der Waals surface area contributed by atoms with Gasteiger partial charge in [0.05, 0.1) is 41.7 Å². The van der Waals surface area contributed by atoms with Crippen LogP contribution in [-0.4, -0.2) is 51.4 Å². The molecule has 1 aliphatic heterocycles. The van der Waals surface area contributed by atoms with Crippen LogP contribution in [0.2, 0.25) is 0 Å². The lowest BCUT2D eigenvalue weighted by atomic mass is 10.2. The summed E-state index contributed by atoms with van der Waals surface area (Å²) in [7, 11) is 0. The van der Waals surface area contributed by atoms with Gasteiger partial charge in [-0.2, -0.15) is 0 Å². The zero-order chi connectivity index (χ0) is 20.4. The molecule has 4 rings (SSSR count). The van der Waals surface area contributed by atoms with E-state index in [0.29, 0.717) is 34.9 Å². The van der Waals surface area contributed by atoms with Crippen LogP contribution in [0.4, 0.5) is 0 Å². The molecule has 1 aromatic carbocycles. The monoisotopic (exact) mass is 413 g/mol. The van der Waals surface area contributed by atoms with Gasteiger partial charge in [-0.1, -0.05) is 23.9 Å². The molecule has 7 nitrogen and oxygen atoms in total. The maximum Gasteiger partial charge on any atom is 0.262 e. The summed E-state index contributed by atoms with van der Waals surface area (Å²) in [5.74, 6) is 0.889. The molecule has 0 saturated carbocycles. The molecular weight excluding hydrogens is 390 g/mol. The average molecular weight is 413 g/mol. The minimum atomic E-state index is -0.143. The van der Waals surface area contributed by atoms with Crippen molar-refractivity contribution in [3.63, 3.8) is 0 Å². The van der Waals surface area contributed by atoms with Gasteiger partial charge in [0.15, 0.2) is 5.16 Å². The van der Waals surface area contributed by atoms with Crippen LogP contribution in [0.5, 0.6) is 0 Å². The Morgan fingerprint density at radius 3 is 2.66 bits per heavy atom. The Kier molecular flexibility index (Phi) is 5.73. The number of carbonyl (C=O) groups is 1. The number of thioether (sulfide) groups is 1. The Labute approximate surface area is 172 Å². The molecule has 0 bridgehead atoms. The van der Waals surface area contributed by atoms with Gasteiger partial charge >= 0.3 is 0 Å². The summed E-state index contributed by atoms with van der Waals surface area (Å²) in [6, 6.07) is 10.8. The molecule has 1 saturated heterocycles. The van der Waals surface area contributed by atoms with Gasteiger partial charge in [-0.25, -0.2) is 4.98 Å². The molecule has 0 N–H and O–H groups in total. The lowest BCUT2D eigenvalue weighted by Gasteiger charge is -2.35. The molecule has 29 heavy (non-hydrogen) atoms. The third-order valence-electron chi connectivity index (χ3n) is 4.82. The highest BCUT2D eigenvalue weighted by molar-refractivity contribution is 7.99. The van der Waals surface area contributed by atoms with Gasteiger partial charge in [-0.15, -0.1) is 0 Å². The van der Waals surface area contributed by atoms with Gasteiger partial charge in [0.25, 0.3) is 5.56 Å². The molecule has 152 valence electrons. The number of hydrogen-bond donors (Lipinski definition) is 0. The fourth-order valence-electron chi connectivity index (χ4n) is 3.55. The molecule has 1 aliphatic rings. The molecule has 1 amide bonds. The third kappa shape index (κ3) is 4.38. The Hall–Kier alpha value is -2.58. The summed E-state index contributed by atoms with van der Waals surface area (Å²) in [5, 5.41) is 1.05. The Morgan fingerprint density at radius 1 is 1.17 bits per heavy atom. The smallest absolute Gasteiger partial charge is 0.262 e. The lowest BCUT2D eigenvalue weighted by Crippen LogP contribution is -2.48.